The standard InChI is InChI=1S/C22H26ClN3O5S/c1-25(32(29,30)18-9-10-20(31-2)19(23)14-18)15-21(27)24-17-7-5-16(6-8-17)13-22(28)26-11-3-4-12-26/h5-10,14H,3-4,11-13,15H2,1-2H3,(H,24,27). The molecule has 1 heterocycles. The van der Waals surface area contributed by atoms with Crippen LogP contribution in [-0.4, -0.2) is 63.2 Å². The number of likely N-dealkylation sites (tertiary alicyclic amines) is 1. The molecule has 3 rings (SSSR count). The molecule has 0 spiro atoms. The van der Waals surface area contributed by atoms with Crippen LogP contribution in [0.1, 0.15) is 18.4 Å². The molecule has 1 saturated heterocycles. The Labute approximate surface area is 193 Å². The van der Waals surface area contributed by atoms with E-state index in [2.05, 4.69) is 5.32 Å². The molecule has 1 aliphatic heterocycles. The summed E-state index contributed by atoms with van der Waals surface area (Å²) in [4.78, 5) is 26.5. The van der Waals surface area contributed by atoms with Gasteiger partial charge in [-0.05, 0) is 48.7 Å². The zero-order valence-electron chi connectivity index (χ0n) is 18.0. The number of sulfonamides is 1. The Kier molecular flexibility index (Phi) is 7.76. The van der Waals surface area contributed by atoms with Gasteiger partial charge in [0.15, 0.2) is 0 Å². The molecule has 1 N–H and O–H groups in total. The maximum atomic E-state index is 12.7. The molecular weight excluding hydrogens is 454 g/mol. The van der Waals surface area contributed by atoms with Crippen LogP contribution in [-0.2, 0) is 26.0 Å². The molecule has 0 saturated carbocycles. The Morgan fingerprint density at radius 3 is 2.38 bits per heavy atom. The summed E-state index contributed by atoms with van der Waals surface area (Å²) in [5.74, 6) is -0.0297. The van der Waals surface area contributed by atoms with Crippen LogP contribution in [0.25, 0.3) is 0 Å². The van der Waals surface area contributed by atoms with Gasteiger partial charge in [0.05, 0.1) is 30.0 Å². The first-order valence-electron chi connectivity index (χ1n) is 10.2. The molecule has 0 aliphatic carbocycles. The van der Waals surface area contributed by atoms with E-state index in [0.717, 1.165) is 35.8 Å². The highest BCUT2D eigenvalue weighted by atomic mass is 35.5. The number of nitrogens with one attached hydrogen (secondary N) is 1. The number of halogens is 1. The summed E-state index contributed by atoms with van der Waals surface area (Å²) in [6.07, 6.45) is 2.42. The summed E-state index contributed by atoms with van der Waals surface area (Å²) >= 11 is 6.02. The van der Waals surface area contributed by atoms with Crippen molar-refractivity contribution in [3.63, 3.8) is 0 Å². The lowest BCUT2D eigenvalue weighted by atomic mass is 10.1. The highest BCUT2D eigenvalue weighted by Gasteiger charge is 2.24. The fourth-order valence-electron chi connectivity index (χ4n) is 3.43. The second-order valence-corrected chi connectivity index (χ2v) is 10.0. The van der Waals surface area contributed by atoms with Crippen molar-refractivity contribution < 1.29 is 22.7 Å². The third kappa shape index (κ3) is 5.79. The number of ether oxygens (including phenoxy) is 1. The Bertz CT molecular complexity index is 1080. The monoisotopic (exact) mass is 479 g/mol. The normalized spacial score (nSPS) is 13.9. The molecule has 2 amide bonds. The summed E-state index contributed by atoms with van der Waals surface area (Å²) in [5, 5.41) is 2.84. The van der Waals surface area contributed by atoms with Crippen LogP contribution >= 0.6 is 11.6 Å². The number of carbonyl (C=O) groups is 2. The van der Waals surface area contributed by atoms with E-state index >= 15 is 0 Å². The molecule has 8 nitrogen and oxygen atoms in total. The fraction of sp³-hybridized carbons (Fsp3) is 0.364. The number of anilines is 1. The van der Waals surface area contributed by atoms with Crippen LogP contribution < -0.4 is 10.1 Å². The number of hydrogen-bond acceptors (Lipinski definition) is 5. The van der Waals surface area contributed by atoms with Crippen molar-refractivity contribution >= 4 is 39.1 Å². The molecule has 172 valence electrons. The highest BCUT2D eigenvalue weighted by molar-refractivity contribution is 7.89. The summed E-state index contributed by atoms with van der Waals surface area (Å²) in [6, 6.07) is 11.1. The number of likely N-dealkylation sites (N-methyl/N-ethyl adjacent to an activating group) is 1. The molecule has 1 aliphatic rings. The van der Waals surface area contributed by atoms with E-state index in [9.17, 15) is 18.0 Å². The van der Waals surface area contributed by atoms with E-state index in [1.165, 1.54) is 32.4 Å². The van der Waals surface area contributed by atoms with E-state index in [4.69, 9.17) is 16.3 Å². The molecule has 0 bridgehead atoms. The quantitative estimate of drug-likeness (QED) is 0.628. The molecule has 1 fully saturated rings. The van der Waals surface area contributed by atoms with Gasteiger partial charge in [-0.25, -0.2) is 8.42 Å². The number of amides is 2. The Morgan fingerprint density at radius 2 is 1.78 bits per heavy atom. The van der Waals surface area contributed by atoms with E-state index in [0.29, 0.717) is 17.9 Å². The molecule has 32 heavy (non-hydrogen) atoms. The van der Waals surface area contributed by atoms with Crippen LogP contribution in [0.2, 0.25) is 5.02 Å². The van der Waals surface area contributed by atoms with Gasteiger partial charge in [0.25, 0.3) is 0 Å². The Hall–Kier alpha value is -2.62. The van der Waals surface area contributed by atoms with Crippen LogP contribution in [0.3, 0.4) is 0 Å². The van der Waals surface area contributed by atoms with Gasteiger partial charge in [0.2, 0.25) is 21.8 Å². The summed E-state index contributed by atoms with van der Waals surface area (Å²) < 4.78 is 31.5. The van der Waals surface area contributed by atoms with Crippen molar-refractivity contribution in [2.24, 2.45) is 0 Å². The Morgan fingerprint density at radius 1 is 1.12 bits per heavy atom. The minimum absolute atomic E-state index is 0.0365. The average molecular weight is 480 g/mol. The molecule has 2 aromatic carbocycles. The predicted octanol–water partition coefficient (Wildman–Crippen LogP) is 2.77. The van der Waals surface area contributed by atoms with E-state index in [-0.39, 0.29) is 22.4 Å². The first kappa shape index (κ1) is 24.0. The largest absolute Gasteiger partial charge is 0.495 e. The molecule has 0 radical (unpaired) electrons. The molecule has 0 aromatic heterocycles. The molecular formula is C22H26ClN3O5S. The topological polar surface area (TPSA) is 96.0 Å². The summed E-state index contributed by atoms with van der Waals surface area (Å²) in [7, 11) is -1.16. The van der Waals surface area contributed by atoms with Crippen molar-refractivity contribution in [3.8, 4) is 5.75 Å². The molecule has 0 atom stereocenters. The molecule has 10 heteroatoms. The van der Waals surface area contributed by atoms with Gasteiger partial charge < -0.3 is 15.0 Å². The number of rotatable bonds is 8. The molecule has 2 aromatic rings. The lowest BCUT2D eigenvalue weighted by Crippen LogP contribution is -2.35. The van der Waals surface area contributed by atoms with Gasteiger partial charge in [0, 0.05) is 25.8 Å². The van der Waals surface area contributed by atoms with E-state index in [1.54, 1.807) is 24.3 Å². The second kappa shape index (κ2) is 10.3. The van der Waals surface area contributed by atoms with Gasteiger partial charge in [-0.2, -0.15) is 4.31 Å². The fourth-order valence-corrected chi connectivity index (χ4v) is 4.91. The number of carbonyl (C=O) groups excluding carboxylic acids is 2. The number of nitrogens with zero attached hydrogens (tertiary/aromatic N) is 2. The van der Waals surface area contributed by atoms with Crippen molar-refractivity contribution in [1.29, 1.82) is 0 Å². The van der Waals surface area contributed by atoms with E-state index in [1.807, 2.05) is 4.90 Å². The average Bonchev–Trinajstić information content (AvgIpc) is 3.30. The SMILES string of the molecule is COc1ccc(S(=O)(=O)N(C)CC(=O)Nc2ccc(CC(=O)N3CCCC3)cc2)cc1Cl. The Balaban J connectivity index is 1.57. The van der Waals surface area contributed by atoms with Crippen LogP contribution in [0.15, 0.2) is 47.4 Å². The second-order valence-electron chi connectivity index (χ2n) is 7.57. The van der Waals surface area contributed by atoms with Gasteiger partial charge >= 0.3 is 0 Å². The van der Waals surface area contributed by atoms with Gasteiger partial charge in [-0.3, -0.25) is 9.59 Å². The summed E-state index contributed by atoms with van der Waals surface area (Å²) in [6.45, 7) is 1.25. The van der Waals surface area contributed by atoms with Crippen molar-refractivity contribution in [1.82, 2.24) is 9.21 Å². The maximum Gasteiger partial charge on any atom is 0.243 e. The molecule has 0 unspecified atom stereocenters. The minimum atomic E-state index is -3.91. The first-order valence-corrected chi connectivity index (χ1v) is 12.0. The van der Waals surface area contributed by atoms with Crippen molar-refractivity contribution in [2.75, 3.05) is 39.1 Å². The smallest absolute Gasteiger partial charge is 0.243 e. The van der Waals surface area contributed by atoms with Gasteiger partial charge in [-0.1, -0.05) is 23.7 Å². The first-order chi connectivity index (χ1) is 15.2. The van der Waals surface area contributed by atoms with Gasteiger partial charge in [0.1, 0.15) is 5.75 Å². The van der Waals surface area contributed by atoms with Gasteiger partial charge in [-0.15, -0.1) is 0 Å². The van der Waals surface area contributed by atoms with Crippen LogP contribution in [0.5, 0.6) is 5.75 Å². The number of hydrogen-bond donors (Lipinski definition) is 1. The minimum Gasteiger partial charge on any atom is -0.495 e. The van der Waals surface area contributed by atoms with Crippen molar-refractivity contribution in [2.45, 2.75) is 24.2 Å². The number of methoxy groups -OCH3 is 1. The third-order valence-electron chi connectivity index (χ3n) is 5.25. The van der Waals surface area contributed by atoms with Crippen LogP contribution in [0, 0.1) is 0 Å². The summed E-state index contributed by atoms with van der Waals surface area (Å²) in [5.41, 5.74) is 1.38. The zero-order chi connectivity index (χ0) is 23.3. The third-order valence-corrected chi connectivity index (χ3v) is 7.34. The lowest BCUT2D eigenvalue weighted by molar-refractivity contribution is -0.129. The lowest BCUT2D eigenvalue weighted by Gasteiger charge is -2.18. The maximum absolute atomic E-state index is 12.7. The van der Waals surface area contributed by atoms with Crippen molar-refractivity contribution in [3.05, 3.63) is 53.1 Å². The predicted molar refractivity (Wildman–Crippen MR) is 122 cm³/mol. The van der Waals surface area contributed by atoms with E-state index < -0.39 is 15.9 Å². The number of benzene rings is 2. The zero-order valence-corrected chi connectivity index (χ0v) is 19.6. The van der Waals surface area contributed by atoms with Crippen LogP contribution in [0.4, 0.5) is 5.69 Å². The highest BCUT2D eigenvalue weighted by Crippen LogP contribution is 2.28.